The molecule has 4 rings (SSSR count). The lowest BCUT2D eigenvalue weighted by atomic mass is 9.95. The zero-order chi connectivity index (χ0) is 27.4. The Morgan fingerprint density at radius 2 is 1.66 bits per heavy atom. The second-order valence-corrected chi connectivity index (χ2v) is 9.14. The van der Waals surface area contributed by atoms with Gasteiger partial charge < -0.3 is 19.7 Å². The van der Waals surface area contributed by atoms with Gasteiger partial charge in [0.15, 0.2) is 0 Å². The summed E-state index contributed by atoms with van der Waals surface area (Å²) >= 11 is 0. The molecule has 2 N–H and O–H groups in total. The highest BCUT2D eigenvalue weighted by atomic mass is 16.5. The molecule has 1 unspecified atom stereocenters. The van der Waals surface area contributed by atoms with Crippen LogP contribution in [-0.4, -0.2) is 40.6 Å². The van der Waals surface area contributed by atoms with Crippen LogP contribution in [0.2, 0.25) is 0 Å². The van der Waals surface area contributed by atoms with Crippen LogP contribution >= 0.6 is 0 Å². The first-order valence-electron chi connectivity index (χ1n) is 12.4. The van der Waals surface area contributed by atoms with Gasteiger partial charge in [-0.05, 0) is 80.4 Å². The van der Waals surface area contributed by atoms with E-state index in [1.165, 1.54) is 23.1 Å². The third-order valence-electron chi connectivity index (χ3n) is 5.95. The molecule has 196 valence electrons. The summed E-state index contributed by atoms with van der Waals surface area (Å²) in [6.07, 6.45) is 0.621. The number of aliphatic hydroxyl groups is 1. The van der Waals surface area contributed by atoms with Gasteiger partial charge in [-0.1, -0.05) is 25.1 Å². The van der Waals surface area contributed by atoms with Gasteiger partial charge in [-0.3, -0.25) is 14.5 Å². The number of anilines is 1. The lowest BCUT2D eigenvalue weighted by molar-refractivity contribution is -0.132. The maximum Gasteiger partial charge on any atom is 0.338 e. The van der Waals surface area contributed by atoms with Crippen molar-refractivity contribution in [1.29, 1.82) is 0 Å². The van der Waals surface area contributed by atoms with E-state index in [2.05, 4.69) is 0 Å². The summed E-state index contributed by atoms with van der Waals surface area (Å²) in [5.41, 5.74) is 1.22. The van der Waals surface area contributed by atoms with Gasteiger partial charge in [0, 0.05) is 11.3 Å². The van der Waals surface area contributed by atoms with Crippen LogP contribution in [0.15, 0.2) is 78.4 Å². The molecular weight excluding hydrogens is 486 g/mol. The molecule has 0 bridgehead atoms. The van der Waals surface area contributed by atoms with Gasteiger partial charge in [0.1, 0.15) is 17.3 Å². The van der Waals surface area contributed by atoms with Gasteiger partial charge in [0.25, 0.3) is 11.7 Å². The Morgan fingerprint density at radius 3 is 2.29 bits per heavy atom. The molecule has 0 saturated carbocycles. The molecule has 1 aliphatic heterocycles. The van der Waals surface area contributed by atoms with Gasteiger partial charge >= 0.3 is 5.97 Å². The average molecular weight is 516 g/mol. The number of Topliss-reactive ketones (excluding diaryl/α,β-unsaturated/α-hetero) is 1. The van der Waals surface area contributed by atoms with Crippen molar-refractivity contribution in [3.05, 3.63) is 95.1 Å². The first kappa shape index (κ1) is 26.5. The number of phenolic OH excluding ortho intramolecular Hbond substituents is 1. The molecule has 1 atom stereocenters. The highest BCUT2D eigenvalue weighted by molar-refractivity contribution is 6.51. The van der Waals surface area contributed by atoms with E-state index >= 15 is 0 Å². The van der Waals surface area contributed by atoms with E-state index in [9.17, 15) is 24.6 Å². The van der Waals surface area contributed by atoms with Crippen LogP contribution in [0, 0.1) is 0 Å². The van der Waals surface area contributed by atoms with Crippen molar-refractivity contribution in [3.8, 4) is 11.5 Å². The molecule has 0 radical (unpaired) electrons. The van der Waals surface area contributed by atoms with E-state index in [0.717, 1.165) is 0 Å². The second kappa shape index (κ2) is 11.2. The number of aliphatic hydroxyl groups excluding tert-OH is 1. The number of carbonyl (C=O) groups excluding carboxylic acids is 3. The number of ketones is 1. The fourth-order valence-electron chi connectivity index (χ4n) is 4.25. The Morgan fingerprint density at radius 1 is 0.974 bits per heavy atom. The number of hydrogen-bond donors (Lipinski definition) is 2. The standard InChI is InChI=1S/C30H29NO7/c1-4-16-37-30(36)21-6-5-7-22(17-21)31-26(19-8-12-23(32)13-9-19)25(28(34)29(31)35)27(33)20-10-14-24(15-11-20)38-18(2)3/h5-15,17-18,26,32-33H,4,16H2,1-3H3/b27-25+. The summed E-state index contributed by atoms with van der Waals surface area (Å²) in [6.45, 7) is 5.92. The molecule has 8 heteroatoms. The molecule has 3 aromatic rings. The minimum absolute atomic E-state index is 0.00658. The van der Waals surface area contributed by atoms with E-state index in [-0.39, 0.29) is 41.0 Å². The smallest absolute Gasteiger partial charge is 0.338 e. The second-order valence-electron chi connectivity index (χ2n) is 9.14. The molecule has 38 heavy (non-hydrogen) atoms. The summed E-state index contributed by atoms with van der Waals surface area (Å²) in [7, 11) is 0. The first-order chi connectivity index (χ1) is 18.2. The number of hydrogen-bond acceptors (Lipinski definition) is 7. The normalized spacial score (nSPS) is 16.6. The molecule has 0 aromatic heterocycles. The van der Waals surface area contributed by atoms with Crippen LogP contribution in [0.5, 0.6) is 11.5 Å². The van der Waals surface area contributed by atoms with Gasteiger partial charge in [-0.15, -0.1) is 0 Å². The summed E-state index contributed by atoms with van der Waals surface area (Å²) < 4.78 is 10.9. The Bertz CT molecular complexity index is 1370. The number of ether oxygens (including phenoxy) is 2. The first-order valence-corrected chi connectivity index (χ1v) is 12.4. The Labute approximate surface area is 220 Å². The minimum atomic E-state index is -1.01. The van der Waals surface area contributed by atoms with Crippen molar-refractivity contribution in [3.63, 3.8) is 0 Å². The summed E-state index contributed by atoms with van der Waals surface area (Å²) in [5.74, 6) is -2.02. The SMILES string of the molecule is CCCOC(=O)c1cccc(N2C(=O)C(=O)/C(=C(/O)c3ccc(OC(C)C)cc3)C2c2ccc(O)cc2)c1. The predicted molar refractivity (Wildman–Crippen MR) is 142 cm³/mol. The number of phenols is 1. The molecule has 0 spiro atoms. The highest BCUT2D eigenvalue weighted by Crippen LogP contribution is 2.42. The molecule has 1 amide bonds. The van der Waals surface area contributed by atoms with Crippen LogP contribution in [0.1, 0.15) is 54.7 Å². The fraction of sp³-hybridized carbons (Fsp3) is 0.233. The van der Waals surface area contributed by atoms with Crippen LogP contribution < -0.4 is 9.64 Å². The molecular formula is C30H29NO7. The van der Waals surface area contributed by atoms with Crippen LogP contribution in [0.4, 0.5) is 5.69 Å². The zero-order valence-electron chi connectivity index (χ0n) is 21.4. The fourth-order valence-corrected chi connectivity index (χ4v) is 4.25. The van der Waals surface area contributed by atoms with Crippen LogP contribution in [0.25, 0.3) is 5.76 Å². The number of aromatic hydroxyl groups is 1. The van der Waals surface area contributed by atoms with Gasteiger partial charge in [0.2, 0.25) is 0 Å². The van der Waals surface area contributed by atoms with Crippen molar-refractivity contribution < 1.29 is 34.1 Å². The van der Waals surface area contributed by atoms with Crippen LogP contribution in [-0.2, 0) is 14.3 Å². The van der Waals surface area contributed by atoms with E-state index in [0.29, 0.717) is 23.3 Å². The Kier molecular flexibility index (Phi) is 7.81. The van der Waals surface area contributed by atoms with E-state index in [1.54, 1.807) is 54.6 Å². The summed E-state index contributed by atoms with van der Waals surface area (Å²) in [4.78, 5) is 40.4. The molecule has 1 heterocycles. The van der Waals surface area contributed by atoms with E-state index in [4.69, 9.17) is 9.47 Å². The maximum absolute atomic E-state index is 13.4. The number of esters is 1. The van der Waals surface area contributed by atoms with E-state index in [1.807, 2.05) is 20.8 Å². The third kappa shape index (κ3) is 5.39. The van der Waals surface area contributed by atoms with Crippen molar-refractivity contribution >= 4 is 29.1 Å². The Balaban J connectivity index is 1.83. The van der Waals surface area contributed by atoms with Crippen molar-refractivity contribution in [2.45, 2.75) is 39.3 Å². The van der Waals surface area contributed by atoms with Crippen molar-refractivity contribution in [1.82, 2.24) is 0 Å². The van der Waals surface area contributed by atoms with Gasteiger partial charge in [0.05, 0.1) is 29.9 Å². The number of benzene rings is 3. The summed E-state index contributed by atoms with van der Waals surface area (Å²) in [5, 5.41) is 21.1. The third-order valence-corrected chi connectivity index (χ3v) is 5.95. The predicted octanol–water partition coefficient (Wildman–Crippen LogP) is 5.37. The van der Waals surface area contributed by atoms with Gasteiger partial charge in [-0.25, -0.2) is 4.79 Å². The molecule has 1 saturated heterocycles. The van der Waals surface area contributed by atoms with Gasteiger partial charge in [-0.2, -0.15) is 0 Å². The van der Waals surface area contributed by atoms with Crippen molar-refractivity contribution in [2.24, 2.45) is 0 Å². The molecule has 1 aliphatic rings. The van der Waals surface area contributed by atoms with E-state index < -0.39 is 23.7 Å². The quantitative estimate of drug-likeness (QED) is 0.179. The molecule has 0 aliphatic carbocycles. The number of nitrogens with zero attached hydrogens (tertiary/aromatic N) is 1. The zero-order valence-corrected chi connectivity index (χ0v) is 21.4. The lowest BCUT2D eigenvalue weighted by Gasteiger charge is -2.26. The maximum atomic E-state index is 13.4. The number of amides is 1. The molecule has 3 aromatic carbocycles. The molecule has 1 fully saturated rings. The summed E-state index contributed by atoms with van der Waals surface area (Å²) in [6, 6.07) is 17.8. The molecule has 8 nitrogen and oxygen atoms in total. The number of rotatable bonds is 8. The minimum Gasteiger partial charge on any atom is -0.508 e. The topological polar surface area (TPSA) is 113 Å². The van der Waals surface area contributed by atoms with Crippen molar-refractivity contribution in [2.75, 3.05) is 11.5 Å². The Hall–Kier alpha value is -4.59. The largest absolute Gasteiger partial charge is 0.508 e. The number of carbonyl (C=O) groups is 3. The average Bonchev–Trinajstić information content (AvgIpc) is 3.17. The van der Waals surface area contributed by atoms with Crippen LogP contribution in [0.3, 0.4) is 0 Å². The highest BCUT2D eigenvalue weighted by Gasteiger charge is 2.47. The monoisotopic (exact) mass is 515 g/mol. The lowest BCUT2D eigenvalue weighted by Crippen LogP contribution is -2.29.